The first-order valence-corrected chi connectivity index (χ1v) is 22.7. The van der Waals surface area contributed by atoms with E-state index < -0.39 is 23.4 Å². The highest BCUT2D eigenvalue weighted by Gasteiger charge is 2.32. The molecule has 23 nitrogen and oxygen atoms in total. The Morgan fingerprint density at radius 2 is 1.08 bits per heavy atom. The minimum Gasteiger partial charge on any atom is -0.494 e. The summed E-state index contributed by atoms with van der Waals surface area (Å²) < 4.78 is 13.7. The number of methoxy groups -OCH3 is 2. The molecular formula is C49H50N14O9. The molecule has 2 saturated heterocycles. The summed E-state index contributed by atoms with van der Waals surface area (Å²) in [7, 11) is 2.89. The van der Waals surface area contributed by atoms with E-state index in [1.807, 2.05) is 53.4 Å². The number of piperazine rings is 2. The molecule has 4 N–H and O–H groups in total. The fourth-order valence-electron chi connectivity index (χ4n) is 8.31. The number of carboxylic acids is 1. The molecule has 2 aromatic carbocycles. The summed E-state index contributed by atoms with van der Waals surface area (Å²) in [5.74, 6) is -0.507. The van der Waals surface area contributed by atoms with E-state index in [-0.39, 0.29) is 36.0 Å². The van der Waals surface area contributed by atoms with Crippen LogP contribution in [0.4, 0.5) is 0 Å². The Balaban J connectivity index is 0.000000160. The molecule has 0 radical (unpaired) electrons. The van der Waals surface area contributed by atoms with Crippen LogP contribution in [0.1, 0.15) is 58.9 Å². The Morgan fingerprint density at radius 3 is 1.54 bits per heavy atom. The Bertz CT molecular complexity index is 3290. The van der Waals surface area contributed by atoms with Crippen LogP contribution in [0, 0.1) is 20.8 Å². The lowest BCUT2D eigenvalue weighted by Gasteiger charge is -2.34. The summed E-state index contributed by atoms with van der Waals surface area (Å²) in [4.78, 5) is 102. The second kappa shape index (κ2) is 21.7. The van der Waals surface area contributed by atoms with Crippen LogP contribution < -0.4 is 14.8 Å². The van der Waals surface area contributed by atoms with Gasteiger partial charge in [0.2, 0.25) is 0 Å². The molecule has 370 valence electrons. The normalized spacial score (nSPS) is 13.4. The summed E-state index contributed by atoms with van der Waals surface area (Å²) in [5.41, 5.74) is 2.53. The maximum atomic E-state index is 13.3. The predicted octanol–water partition coefficient (Wildman–Crippen LogP) is 3.40. The first-order valence-electron chi connectivity index (χ1n) is 22.7. The number of benzene rings is 2. The molecular weight excluding hydrogens is 929 g/mol. The molecule has 8 aromatic rings. The third-order valence-corrected chi connectivity index (χ3v) is 11.9. The monoisotopic (exact) mass is 978 g/mol. The molecule has 8 heterocycles. The van der Waals surface area contributed by atoms with Crippen molar-refractivity contribution in [1.82, 2.24) is 69.5 Å². The Kier molecular flexibility index (Phi) is 14.8. The van der Waals surface area contributed by atoms with Crippen LogP contribution in [0.3, 0.4) is 0 Å². The zero-order valence-corrected chi connectivity index (χ0v) is 39.9. The number of aromatic amines is 2. The van der Waals surface area contributed by atoms with Crippen molar-refractivity contribution in [2.24, 2.45) is 0 Å². The molecule has 0 unspecified atom stereocenters. The second-order valence-electron chi connectivity index (χ2n) is 16.4. The Hall–Kier alpha value is -9.12. The van der Waals surface area contributed by atoms with E-state index in [1.165, 1.54) is 59.6 Å². The number of pyridine rings is 2. The van der Waals surface area contributed by atoms with Gasteiger partial charge in [0.05, 0.1) is 59.5 Å². The van der Waals surface area contributed by atoms with Crippen LogP contribution in [-0.4, -0.2) is 171 Å². The Morgan fingerprint density at radius 1 is 0.597 bits per heavy atom. The summed E-state index contributed by atoms with van der Waals surface area (Å²) in [6.45, 7) is 9.97. The molecule has 2 aliphatic heterocycles. The number of rotatable bonds is 10. The van der Waals surface area contributed by atoms with E-state index in [0.29, 0.717) is 81.1 Å². The number of nitrogens with one attached hydrogen (secondary N) is 3. The summed E-state index contributed by atoms with van der Waals surface area (Å²) in [5, 5.41) is 21.4. The van der Waals surface area contributed by atoms with Gasteiger partial charge in [-0.25, -0.2) is 24.7 Å². The average molecular weight is 979 g/mol. The van der Waals surface area contributed by atoms with Gasteiger partial charge in [0.1, 0.15) is 35.3 Å². The van der Waals surface area contributed by atoms with Gasteiger partial charge in [-0.1, -0.05) is 36.4 Å². The van der Waals surface area contributed by atoms with Crippen molar-refractivity contribution in [3.8, 4) is 23.1 Å². The number of fused-ring (bicyclic) bond motifs is 2. The minimum atomic E-state index is -1.54. The van der Waals surface area contributed by atoms with Crippen LogP contribution >= 0.6 is 0 Å². The molecule has 3 amide bonds. The number of carbonyl (C=O) groups excluding carboxylic acids is 5. The Labute approximate surface area is 410 Å². The number of nitrogens with zero attached hydrogens (tertiary/aromatic N) is 11. The van der Waals surface area contributed by atoms with Crippen LogP contribution in [0.2, 0.25) is 0 Å². The molecule has 0 bridgehead atoms. The lowest BCUT2D eigenvalue weighted by atomic mass is 10.1. The zero-order valence-electron chi connectivity index (χ0n) is 39.9. The van der Waals surface area contributed by atoms with Crippen molar-refractivity contribution in [2.75, 3.05) is 66.6 Å². The number of ether oxygens (including phenoxy) is 2. The van der Waals surface area contributed by atoms with Crippen molar-refractivity contribution in [3.63, 3.8) is 0 Å². The van der Waals surface area contributed by atoms with Gasteiger partial charge in [0.15, 0.2) is 11.6 Å². The third kappa shape index (κ3) is 10.1. The molecule has 0 saturated carbocycles. The fraction of sp³-hybridized carbons (Fsp3) is 0.265. The highest BCUT2D eigenvalue weighted by atomic mass is 16.5. The van der Waals surface area contributed by atoms with Gasteiger partial charge in [-0.3, -0.25) is 24.0 Å². The van der Waals surface area contributed by atoms with E-state index in [9.17, 15) is 28.8 Å². The van der Waals surface area contributed by atoms with Crippen molar-refractivity contribution < 1.29 is 43.3 Å². The van der Waals surface area contributed by atoms with Crippen molar-refractivity contribution >= 4 is 57.1 Å². The lowest BCUT2D eigenvalue weighted by molar-refractivity contribution is -0.131. The number of aromatic nitrogens is 10. The van der Waals surface area contributed by atoms with Crippen molar-refractivity contribution in [1.29, 1.82) is 0 Å². The maximum Gasteiger partial charge on any atom is 0.377 e. The minimum absolute atomic E-state index is 0.00231. The number of hydrogen-bond acceptors (Lipinski definition) is 15. The van der Waals surface area contributed by atoms with E-state index in [0.717, 1.165) is 31.7 Å². The number of H-pyrrole nitrogens is 2. The van der Waals surface area contributed by atoms with E-state index >= 15 is 0 Å². The standard InChI is InChI=1S/C24H23N7O4.C14H13N5O4.C11H14N2O/c1-15-27-14-28-31(15)22-20-19(18(35-2)13-26-22)17(12-25-20)21(32)24(34)30-10-8-29(9-11-30)23(33)16-6-4-3-5-7-16;1-6-17-7(2)19(18-6)13-11-10(9(23-3)5-16-13)8(4-15-11)12(20)14(21)22;14-11(10-4-2-1-3-5-10)13-8-6-12-7-9-13/h3-7,12-14,25H,8-11H2,1-2H3;4-5,15H,1-3H3,(H,21,22);1-5,12H,6-9H2. The van der Waals surface area contributed by atoms with E-state index in [4.69, 9.17) is 14.6 Å². The highest BCUT2D eigenvalue weighted by Crippen LogP contribution is 2.33. The average Bonchev–Trinajstić information content (AvgIpc) is 4.24. The van der Waals surface area contributed by atoms with Gasteiger partial charge >= 0.3 is 5.97 Å². The van der Waals surface area contributed by atoms with Gasteiger partial charge in [-0.2, -0.15) is 14.5 Å². The first-order chi connectivity index (χ1) is 34.8. The van der Waals surface area contributed by atoms with Crippen LogP contribution in [0.15, 0.2) is 91.8 Å². The summed E-state index contributed by atoms with van der Waals surface area (Å²) >= 11 is 0. The molecule has 0 aliphatic carbocycles. The van der Waals surface area contributed by atoms with Crippen molar-refractivity contribution in [3.05, 3.63) is 132 Å². The molecule has 0 spiro atoms. The van der Waals surface area contributed by atoms with Gasteiger partial charge in [0, 0.05) is 75.9 Å². The number of aliphatic carboxylic acids is 1. The molecule has 2 fully saturated rings. The maximum absolute atomic E-state index is 13.3. The van der Waals surface area contributed by atoms with Gasteiger partial charge < -0.3 is 44.6 Å². The van der Waals surface area contributed by atoms with Gasteiger partial charge in [-0.15, -0.1) is 5.10 Å². The van der Waals surface area contributed by atoms with E-state index in [2.05, 4.69) is 45.4 Å². The summed E-state index contributed by atoms with van der Waals surface area (Å²) in [6, 6.07) is 18.5. The van der Waals surface area contributed by atoms with Gasteiger partial charge in [-0.05, 0) is 45.0 Å². The fourth-order valence-corrected chi connectivity index (χ4v) is 8.31. The molecule has 10 rings (SSSR count). The molecule has 6 aromatic heterocycles. The topological polar surface area (TPSA) is 282 Å². The summed E-state index contributed by atoms with van der Waals surface area (Å²) in [6.07, 6.45) is 7.13. The number of Topliss-reactive ketones (excluding diaryl/α,β-unsaturated/α-hetero) is 2. The molecule has 0 atom stereocenters. The zero-order chi connectivity index (χ0) is 51.1. The highest BCUT2D eigenvalue weighted by molar-refractivity contribution is 6.45. The van der Waals surface area contributed by atoms with Crippen LogP contribution in [0.5, 0.6) is 11.5 Å². The largest absolute Gasteiger partial charge is 0.494 e. The van der Waals surface area contributed by atoms with E-state index in [1.54, 1.807) is 37.8 Å². The quantitative estimate of drug-likeness (QED) is 0.113. The van der Waals surface area contributed by atoms with Gasteiger partial charge in [0.25, 0.3) is 29.3 Å². The van der Waals surface area contributed by atoms with Crippen molar-refractivity contribution in [2.45, 2.75) is 20.8 Å². The molecule has 23 heteroatoms. The molecule has 72 heavy (non-hydrogen) atoms. The molecule has 2 aliphatic rings. The third-order valence-electron chi connectivity index (χ3n) is 11.9. The number of carbonyl (C=O) groups is 6. The predicted molar refractivity (Wildman–Crippen MR) is 260 cm³/mol. The number of hydrogen-bond donors (Lipinski definition) is 4. The smallest absolute Gasteiger partial charge is 0.377 e. The van der Waals surface area contributed by atoms with Crippen LogP contribution in [0.25, 0.3) is 33.4 Å². The number of aryl methyl sites for hydroxylation is 3. The lowest BCUT2D eigenvalue weighted by Crippen LogP contribution is -2.52. The number of ketones is 2. The number of carboxylic acid groups (broad SMARTS) is 1. The second-order valence-corrected chi connectivity index (χ2v) is 16.4. The number of amides is 3. The SMILES string of the molecule is COc1cnc(-n2nc(C)nc2C)c2[nH]cc(C(=O)C(=O)O)c12.COc1cnc(-n2ncnc2C)c2[nH]cc(C(=O)C(=O)N3CCN(C(=O)c4ccccc4)CC3)c12.O=C(c1ccccc1)N1CCNCC1. The first kappa shape index (κ1) is 49.3. The van der Waals surface area contributed by atoms with Crippen LogP contribution in [-0.2, 0) is 9.59 Å².